The second kappa shape index (κ2) is 6.64. The molecule has 3 aromatic rings. The molecule has 1 N–H and O–H groups in total. The van der Waals surface area contributed by atoms with Gasteiger partial charge in [0.05, 0.1) is 22.6 Å². The van der Waals surface area contributed by atoms with E-state index >= 15 is 0 Å². The summed E-state index contributed by atoms with van der Waals surface area (Å²) in [4.78, 5) is 17.8. The fraction of sp³-hybridized carbons (Fsp3) is 0.222. The highest BCUT2D eigenvalue weighted by Crippen LogP contribution is 2.21. The monoisotopic (exact) mass is 371 g/mol. The van der Waals surface area contributed by atoms with Crippen LogP contribution in [0.1, 0.15) is 25.2 Å². The molecule has 118 valence electrons. The molecule has 1 heterocycles. The highest BCUT2D eigenvalue weighted by Gasteiger charge is 2.18. The van der Waals surface area contributed by atoms with Crippen molar-refractivity contribution >= 4 is 26.8 Å². The molecule has 1 aromatic heterocycles. The van der Waals surface area contributed by atoms with Crippen molar-refractivity contribution in [1.29, 1.82) is 0 Å². The third-order valence-electron chi connectivity index (χ3n) is 3.95. The maximum Gasteiger partial charge on any atom is 0.266 e. The van der Waals surface area contributed by atoms with E-state index in [1.807, 2.05) is 55.6 Å². The number of para-hydroxylation sites is 1. The number of nitrogens with zero attached hydrogens (tertiary/aromatic N) is 2. The Morgan fingerprint density at radius 1 is 1.17 bits per heavy atom. The van der Waals surface area contributed by atoms with Crippen molar-refractivity contribution in [1.82, 2.24) is 14.9 Å². The normalized spacial score (nSPS) is 12.5. The molecule has 5 heteroatoms. The minimum absolute atomic E-state index is 0.0101. The summed E-state index contributed by atoms with van der Waals surface area (Å²) in [7, 11) is 1.89. The lowest BCUT2D eigenvalue weighted by Gasteiger charge is -2.20. The van der Waals surface area contributed by atoms with Gasteiger partial charge in [-0.1, -0.05) is 35.0 Å². The summed E-state index contributed by atoms with van der Waals surface area (Å²) in [6, 6.07) is 15.2. The van der Waals surface area contributed by atoms with Crippen LogP contribution in [-0.2, 0) is 0 Å². The molecule has 0 aliphatic carbocycles. The standard InChI is InChI=1S/C18H18BrN3O/c1-3-15(20-2)17-21-16-7-5-4-6-14(16)18(23)22(17)13-10-8-12(19)9-11-13/h4-11,15,20H,3H2,1-2H3. The van der Waals surface area contributed by atoms with Crippen molar-refractivity contribution in [2.45, 2.75) is 19.4 Å². The smallest absolute Gasteiger partial charge is 0.266 e. The predicted molar refractivity (Wildman–Crippen MR) is 97.1 cm³/mol. The Kier molecular flexibility index (Phi) is 4.59. The first-order valence-electron chi connectivity index (χ1n) is 7.60. The van der Waals surface area contributed by atoms with Gasteiger partial charge in [0.25, 0.3) is 5.56 Å². The quantitative estimate of drug-likeness (QED) is 0.758. The first kappa shape index (κ1) is 15.9. The van der Waals surface area contributed by atoms with Crippen LogP contribution in [0.5, 0.6) is 0 Å². The number of halogens is 1. The molecule has 0 aliphatic heterocycles. The Hall–Kier alpha value is -1.98. The lowest BCUT2D eigenvalue weighted by molar-refractivity contribution is 0.529. The molecule has 2 aromatic carbocycles. The minimum atomic E-state index is -0.0402. The van der Waals surface area contributed by atoms with E-state index in [1.165, 1.54) is 0 Å². The maximum absolute atomic E-state index is 13.1. The van der Waals surface area contributed by atoms with Crippen molar-refractivity contribution < 1.29 is 0 Å². The van der Waals surface area contributed by atoms with Crippen LogP contribution in [0.3, 0.4) is 0 Å². The molecule has 0 radical (unpaired) electrons. The molecule has 0 saturated carbocycles. The predicted octanol–water partition coefficient (Wildman–Crippen LogP) is 3.82. The van der Waals surface area contributed by atoms with Crippen LogP contribution in [0.2, 0.25) is 0 Å². The molecule has 0 amide bonds. The van der Waals surface area contributed by atoms with E-state index in [0.29, 0.717) is 5.39 Å². The lowest BCUT2D eigenvalue weighted by atomic mass is 10.1. The highest BCUT2D eigenvalue weighted by atomic mass is 79.9. The first-order valence-corrected chi connectivity index (χ1v) is 8.40. The third kappa shape index (κ3) is 2.94. The fourth-order valence-electron chi connectivity index (χ4n) is 2.74. The summed E-state index contributed by atoms with van der Waals surface area (Å²) >= 11 is 3.44. The van der Waals surface area contributed by atoms with Crippen LogP contribution in [0.4, 0.5) is 0 Å². The second-order valence-electron chi connectivity index (χ2n) is 5.35. The summed E-state index contributed by atoms with van der Waals surface area (Å²) < 4.78 is 2.68. The highest BCUT2D eigenvalue weighted by molar-refractivity contribution is 9.10. The Balaban J connectivity index is 2.36. The minimum Gasteiger partial charge on any atom is -0.310 e. The molecule has 3 rings (SSSR count). The number of aromatic nitrogens is 2. The van der Waals surface area contributed by atoms with E-state index < -0.39 is 0 Å². The van der Waals surface area contributed by atoms with Crippen LogP contribution < -0.4 is 10.9 Å². The van der Waals surface area contributed by atoms with Gasteiger partial charge in [-0.05, 0) is 49.9 Å². The fourth-order valence-corrected chi connectivity index (χ4v) is 3.00. The Morgan fingerprint density at radius 2 is 1.87 bits per heavy atom. The molecule has 0 spiro atoms. The van der Waals surface area contributed by atoms with Gasteiger partial charge >= 0.3 is 0 Å². The van der Waals surface area contributed by atoms with E-state index in [0.717, 1.165) is 27.9 Å². The molecule has 1 atom stereocenters. The molecular weight excluding hydrogens is 354 g/mol. The number of fused-ring (bicyclic) bond motifs is 1. The van der Waals surface area contributed by atoms with Gasteiger partial charge < -0.3 is 5.32 Å². The molecule has 0 aliphatic rings. The SMILES string of the molecule is CCC(NC)c1nc2ccccc2c(=O)n1-c1ccc(Br)cc1. The molecule has 0 bridgehead atoms. The lowest BCUT2D eigenvalue weighted by Crippen LogP contribution is -2.29. The Morgan fingerprint density at radius 3 is 2.52 bits per heavy atom. The van der Waals surface area contributed by atoms with Crippen LogP contribution in [-0.4, -0.2) is 16.6 Å². The van der Waals surface area contributed by atoms with Gasteiger partial charge in [0.1, 0.15) is 5.82 Å². The second-order valence-corrected chi connectivity index (χ2v) is 6.27. The van der Waals surface area contributed by atoms with Crippen LogP contribution in [0.15, 0.2) is 57.8 Å². The van der Waals surface area contributed by atoms with Gasteiger partial charge in [0.2, 0.25) is 0 Å². The molecule has 0 saturated heterocycles. The summed E-state index contributed by atoms with van der Waals surface area (Å²) in [5, 5.41) is 3.88. The van der Waals surface area contributed by atoms with E-state index in [-0.39, 0.29) is 11.6 Å². The van der Waals surface area contributed by atoms with Gasteiger partial charge in [-0.2, -0.15) is 0 Å². The first-order chi connectivity index (χ1) is 11.2. The average Bonchev–Trinajstić information content (AvgIpc) is 2.57. The zero-order valence-electron chi connectivity index (χ0n) is 13.1. The van der Waals surface area contributed by atoms with Crippen molar-refractivity contribution in [2.24, 2.45) is 0 Å². The zero-order chi connectivity index (χ0) is 16.4. The summed E-state index contributed by atoms with van der Waals surface area (Å²) in [5.74, 6) is 0.737. The van der Waals surface area contributed by atoms with Crippen LogP contribution >= 0.6 is 15.9 Å². The largest absolute Gasteiger partial charge is 0.310 e. The van der Waals surface area contributed by atoms with Gasteiger partial charge in [0.15, 0.2) is 0 Å². The number of hydrogen-bond donors (Lipinski definition) is 1. The third-order valence-corrected chi connectivity index (χ3v) is 4.48. The number of rotatable bonds is 4. The molecule has 23 heavy (non-hydrogen) atoms. The summed E-state index contributed by atoms with van der Waals surface area (Å²) in [5.41, 5.74) is 1.51. The molecular formula is C18H18BrN3O. The van der Waals surface area contributed by atoms with Gasteiger partial charge in [0, 0.05) is 4.47 Å². The zero-order valence-corrected chi connectivity index (χ0v) is 14.7. The van der Waals surface area contributed by atoms with Gasteiger partial charge in [-0.3, -0.25) is 9.36 Å². The van der Waals surface area contributed by atoms with Gasteiger partial charge in [-0.15, -0.1) is 0 Å². The van der Waals surface area contributed by atoms with Crippen molar-refractivity contribution in [3.8, 4) is 5.69 Å². The maximum atomic E-state index is 13.1. The molecule has 0 fully saturated rings. The number of nitrogens with one attached hydrogen (secondary N) is 1. The van der Waals surface area contributed by atoms with Crippen molar-refractivity contribution in [3.05, 3.63) is 69.2 Å². The van der Waals surface area contributed by atoms with E-state index in [2.05, 4.69) is 28.2 Å². The summed E-state index contributed by atoms with van der Waals surface area (Å²) in [6.07, 6.45) is 0.845. The Labute approximate surface area is 143 Å². The molecule has 4 nitrogen and oxygen atoms in total. The van der Waals surface area contributed by atoms with E-state index in [4.69, 9.17) is 4.98 Å². The Bertz CT molecular complexity index is 883. The van der Waals surface area contributed by atoms with E-state index in [1.54, 1.807) is 4.57 Å². The number of benzene rings is 2. The molecule has 1 unspecified atom stereocenters. The topological polar surface area (TPSA) is 46.9 Å². The average molecular weight is 372 g/mol. The van der Waals surface area contributed by atoms with E-state index in [9.17, 15) is 4.79 Å². The van der Waals surface area contributed by atoms with Crippen molar-refractivity contribution in [2.75, 3.05) is 7.05 Å². The van der Waals surface area contributed by atoms with Crippen LogP contribution in [0.25, 0.3) is 16.6 Å². The summed E-state index contributed by atoms with van der Waals surface area (Å²) in [6.45, 7) is 2.08. The number of hydrogen-bond acceptors (Lipinski definition) is 3. The van der Waals surface area contributed by atoms with Crippen molar-refractivity contribution in [3.63, 3.8) is 0 Å². The van der Waals surface area contributed by atoms with Gasteiger partial charge in [-0.25, -0.2) is 4.98 Å². The van der Waals surface area contributed by atoms with Crippen LogP contribution in [0, 0.1) is 0 Å².